The van der Waals surface area contributed by atoms with E-state index in [-0.39, 0.29) is 5.97 Å². The minimum absolute atomic E-state index is 0.302. The van der Waals surface area contributed by atoms with E-state index in [1.54, 1.807) is 12.1 Å². The number of esters is 1. The molecule has 2 nitrogen and oxygen atoms in total. The molecule has 0 saturated carbocycles. The van der Waals surface area contributed by atoms with Crippen molar-refractivity contribution in [3.63, 3.8) is 0 Å². The number of benzene rings is 2. The number of methoxy groups -OCH3 is 1. The van der Waals surface area contributed by atoms with Gasteiger partial charge in [0.2, 0.25) is 0 Å². The van der Waals surface area contributed by atoms with Crippen LogP contribution in [0.15, 0.2) is 47.4 Å². The van der Waals surface area contributed by atoms with E-state index in [0.29, 0.717) is 11.5 Å². The summed E-state index contributed by atoms with van der Waals surface area (Å²) >= 11 is 1.98. The summed E-state index contributed by atoms with van der Waals surface area (Å²) in [5.74, 6) is 1.55. The van der Waals surface area contributed by atoms with Crippen molar-refractivity contribution in [1.82, 2.24) is 0 Å². The zero-order chi connectivity index (χ0) is 17.8. The molecule has 0 aliphatic carbocycles. The summed E-state index contributed by atoms with van der Waals surface area (Å²) in [6, 6.07) is 14.4. The van der Waals surface area contributed by atoms with Crippen LogP contribution in [0.5, 0.6) is 0 Å². The van der Waals surface area contributed by atoms with E-state index in [9.17, 15) is 4.79 Å². The molecule has 0 N–H and O–H groups in total. The first kappa shape index (κ1) is 17.8. The highest BCUT2D eigenvalue weighted by Gasteiger charge is 2.15. The summed E-state index contributed by atoms with van der Waals surface area (Å²) in [4.78, 5) is 12.9. The van der Waals surface area contributed by atoms with Crippen LogP contribution in [0.2, 0.25) is 0 Å². The third-order valence-corrected chi connectivity index (χ3v) is 5.91. The van der Waals surface area contributed by atoms with Crippen molar-refractivity contribution < 1.29 is 9.53 Å². The molecule has 0 radical (unpaired) electrons. The van der Waals surface area contributed by atoms with E-state index in [1.165, 1.54) is 47.3 Å². The fraction of sp³-hybridized carbons (Fsp3) is 0.318. The van der Waals surface area contributed by atoms with Crippen LogP contribution in [0.1, 0.15) is 59.7 Å². The zero-order valence-corrected chi connectivity index (χ0v) is 15.9. The van der Waals surface area contributed by atoms with Crippen molar-refractivity contribution in [1.29, 1.82) is 0 Å². The Hall–Kier alpha value is -2.00. The lowest BCUT2D eigenvalue weighted by Crippen LogP contribution is -2.00. The van der Waals surface area contributed by atoms with Gasteiger partial charge in [-0.15, -0.1) is 11.8 Å². The fourth-order valence-electron chi connectivity index (χ4n) is 3.21. The first-order valence-corrected chi connectivity index (χ1v) is 9.71. The SMILES string of the molecule is COC(=O)c1ccc(/C=C(\C)c2ccc3c(c2)SCCCC3C)cc1. The van der Waals surface area contributed by atoms with Crippen molar-refractivity contribution in [2.45, 2.75) is 37.5 Å². The fourth-order valence-corrected chi connectivity index (χ4v) is 4.38. The molecule has 0 spiro atoms. The van der Waals surface area contributed by atoms with Gasteiger partial charge < -0.3 is 4.74 Å². The molecule has 0 amide bonds. The highest BCUT2D eigenvalue weighted by Crippen LogP contribution is 2.37. The number of carbonyl (C=O) groups excluding carboxylic acids is 1. The average Bonchev–Trinajstić information content (AvgIpc) is 2.82. The highest BCUT2D eigenvalue weighted by atomic mass is 32.2. The van der Waals surface area contributed by atoms with E-state index in [2.05, 4.69) is 38.1 Å². The number of allylic oxidation sites excluding steroid dienone is 1. The van der Waals surface area contributed by atoms with E-state index in [0.717, 1.165) is 5.56 Å². The van der Waals surface area contributed by atoms with Gasteiger partial charge in [0.25, 0.3) is 0 Å². The van der Waals surface area contributed by atoms with Gasteiger partial charge >= 0.3 is 5.97 Å². The van der Waals surface area contributed by atoms with E-state index in [4.69, 9.17) is 4.74 Å². The Bertz CT molecular complexity index is 790. The molecule has 25 heavy (non-hydrogen) atoms. The number of rotatable bonds is 3. The molecule has 130 valence electrons. The molecule has 2 aromatic carbocycles. The van der Waals surface area contributed by atoms with Crippen molar-refractivity contribution in [3.05, 3.63) is 64.7 Å². The topological polar surface area (TPSA) is 26.3 Å². The van der Waals surface area contributed by atoms with Gasteiger partial charge in [-0.2, -0.15) is 0 Å². The van der Waals surface area contributed by atoms with Crippen LogP contribution in [-0.4, -0.2) is 18.8 Å². The zero-order valence-electron chi connectivity index (χ0n) is 15.0. The van der Waals surface area contributed by atoms with Gasteiger partial charge in [-0.25, -0.2) is 4.79 Å². The lowest BCUT2D eigenvalue weighted by molar-refractivity contribution is 0.0600. The molecule has 0 saturated heterocycles. The molecule has 3 rings (SSSR count). The second kappa shape index (κ2) is 7.92. The lowest BCUT2D eigenvalue weighted by atomic mass is 9.94. The average molecular weight is 352 g/mol. The largest absolute Gasteiger partial charge is 0.465 e. The van der Waals surface area contributed by atoms with E-state index < -0.39 is 0 Å². The number of hydrogen-bond donors (Lipinski definition) is 0. The first-order chi connectivity index (χ1) is 12.1. The summed E-state index contributed by atoms with van der Waals surface area (Å²) < 4.78 is 4.74. The molecule has 1 atom stereocenters. The molecular weight excluding hydrogens is 328 g/mol. The molecule has 0 aromatic heterocycles. The highest BCUT2D eigenvalue weighted by molar-refractivity contribution is 7.99. The molecular formula is C22H24O2S. The van der Waals surface area contributed by atoms with Crippen LogP contribution in [0.3, 0.4) is 0 Å². The van der Waals surface area contributed by atoms with Gasteiger partial charge in [0, 0.05) is 4.90 Å². The number of carbonyl (C=O) groups is 1. The normalized spacial score (nSPS) is 17.6. The standard InChI is InChI=1S/C22H24O2S/c1-15-5-4-12-25-21-14-19(10-11-20(15)21)16(2)13-17-6-8-18(9-7-17)22(23)24-3/h6-11,13-15H,4-5,12H2,1-3H3/b16-13+. The smallest absolute Gasteiger partial charge is 0.337 e. The molecule has 1 aliphatic heterocycles. The molecule has 3 heteroatoms. The van der Waals surface area contributed by atoms with Gasteiger partial charge in [-0.05, 0) is 71.9 Å². The van der Waals surface area contributed by atoms with E-state index in [1.807, 2.05) is 23.9 Å². The van der Waals surface area contributed by atoms with Crippen molar-refractivity contribution >= 4 is 29.4 Å². The maximum Gasteiger partial charge on any atom is 0.337 e. The second-order valence-corrected chi connectivity index (χ2v) is 7.72. The van der Waals surface area contributed by atoms with Gasteiger partial charge in [-0.3, -0.25) is 0 Å². The Balaban J connectivity index is 1.85. The van der Waals surface area contributed by atoms with Gasteiger partial charge in [0.15, 0.2) is 0 Å². The predicted octanol–water partition coefficient (Wildman–Crippen LogP) is 6.02. The summed E-state index contributed by atoms with van der Waals surface area (Å²) in [5, 5.41) is 0. The number of hydrogen-bond acceptors (Lipinski definition) is 3. The lowest BCUT2D eigenvalue weighted by Gasteiger charge is -2.13. The van der Waals surface area contributed by atoms with Gasteiger partial charge in [-0.1, -0.05) is 37.3 Å². The molecule has 1 unspecified atom stereocenters. The van der Waals surface area contributed by atoms with Crippen LogP contribution in [-0.2, 0) is 4.74 Å². The first-order valence-electron chi connectivity index (χ1n) is 8.72. The quantitative estimate of drug-likeness (QED) is 0.499. The maximum atomic E-state index is 11.5. The summed E-state index contributed by atoms with van der Waals surface area (Å²) in [5.41, 5.74) is 5.64. The van der Waals surface area contributed by atoms with Gasteiger partial charge in [0.1, 0.15) is 0 Å². The maximum absolute atomic E-state index is 11.5. The van der Waals surface area contributed by atoms with Crippen LogP contribution >= 0.6 is 11.8 Å². The molecule has 2 aromatic rings. The van der Waals surface area contributed by atoms with Crippen LogP contribution in [0.25, 0.3) is 11.6 Å². The van der Waals surface area contributed by atoms with Crippen molar-refractivity contribution in [2.75, 3.05) is 12.9 Å². The molecule has 1 aliphatic rings. The Labute approximate surface area is 154 Å². The third kappa shape index (κ3) is 4.16. The Morgan fingerprint density at radius 2 is 1.88 bits per heavy atom. The molecule has 0 fully saturated rings. The van der Waals surface area contributed by atoms with Crippen molar-refractivity contribution in [3.8, 4) is 0 Å². The minimum Gasteiger partial charge on any atom is -0.465 e. The number of fused-ring (bicyclic) bond motifs is 1. The summed E-state index contributed by atoms with van der Waals surface area (Å²) in [6.07, 6.45) is 4.73. The molecule has 1 heterocycles. The predicted molar refractivity (Wildman–Crippen MR) is 106 cm³/mol. The number of ether oxygens (including phenoxy) is 1. The van der Waals surface area contributed by atoms with E-state index >= 15 is 0 Å². The minimum atomic E-state index is -0.302. The number of thioether (sulfide) groups is 1. The van der Waals surface area contributed by atoms with Gasteiger partial charge in [0.05, 0.1) is 12.7 Å². The van der Waals surface area contributed by atoms with Crippen LogP contribution < -0.4 is 0 Å². The monoisotopic (exact) mass is 352 g/mol. The second-order valence-electron chi connectivity index (χ2n) is 6.59. The Morgan fingerprint density at radius 1 is 1.16 bits per heavy atom. The van der Waals surface area contributed by atoms with Crippen LogP contribution in [0.4, 0.5) is 0 Å². The summed E-state index contributed by atoms with van der Waals surface area (Å²) in [6.45, 7) is 4.47. The Morgan fingerprint density at radius 3 is 2.60 bits per heavy atom. The van der Waals surface area contributed by atoms with Crippen molar-refractivity contribution in [2.24, 2.45) is 0 Å². The van der Waals surface area contributed by atoms with Crippen LogP contribution in [0, 0.1) is 0 Å². The molecule has 0 bridgehead atoms. The third-order valence-electron chi connectivity index (χ3n) is 4.75. The Kier molecular flexibility index (Phi) is 5.64. The summed E-state index contributed by atoms with van der Waals surface area (Å²) in [7, 11) is 1.40.